The van der Waals surface area contributed by atoms with Crippen LogP contribution in [0.2, 0.25) is 0 Å². The molecule has 0 aromatic heterocycles. The van der Waals surface area contributed by atoms with E-state index in [1.165, 1.54) is 0 Å². The van der Waals surface area contributed by atoms with Crippen molar-refractivity contribution in [1.29, 1.82) is 0 Å². The van der Waals surface area contributed by atoms with Crippen molar-refractivity contribution in [2.45, 2.75) is 27.7 Å². The number of rotatable bonds is 4. The third kappa shape index (κ3) is 11.8. The topological polar surface area (TPSA) is 105 Å². The summed E-state index contributed by atoms with van der Waals surface area (Å²) in [5, 5.41) is 0. The minimum Gasteiger partial charge on any atom is 0 e. The van der Waals surface area contributed by atoms with Crippen LogP contribution in [0.25, 0.3) is 0 Å². The summed E-state index contributed by atoms with van der Waals surface area (Å²) < 4.78 is 18.5. The first kappa shape index (κ1) is 21.6. The molecular formula is C8H12I2O8Pb. The summed E-state index contributed by atoms with van der Waals surface area (Å²) in [4.78, 5) is 43.5. The standard InChI is InChI=1S/4C2H4O2.I2.Pb/c4*1-2(3)4;1-2;/h4*1H3,(H,3,4);;/q;;;;;+4/p-4. The molecule has 0 aliphatic rings. The first-order chi connectivity index (χ1) is 8.67. The van der Waals surface area contributed by atoms with Gasteiger partial charge >= 0.3 is 104 Å². The van der Waals surface area contributed by atoms with Crippen molar-refractivity contribution < 1.29 is 29.9 Å². The van der Waals surface area contributed by atoms with Crippen molar-refractivity contribution >= 4 is 84.1 Å². The number of halogens is 2. The minimum atomic E-state index is -5.43. The van der Waals surface area contributed by atoms with E-state index in [1.54, 1.807) is 0 Å². The van der Waals surface area contributed by atoms with Gasteiger partial charge in [0.25, 0.3) is 0 Å². The van der Waals surface area contributed by atoms with Crippen molar-refractivity contribution in [2.24, 2.45) is 0 Å². The van der Waals surface area contributed by atoms with Gasteiger partial charge in [-0.2, -0.15) is 0 Å². The molecule has 0 saturated heterocycles. The van der Waals surface area contributed by atoms with Crippen LogP contribution in [0, 0.1) is 0 Å². The maximum absolute atomic E-state index is 10.9. The molecule has 0 radical (unpaired) electrons. The molecule has 0 N–H and O–H groups in total. The van der Waals surface area contributed by atoms with Crippen LogP contribution in [0.1, 0.15) is 27.7 Å². The van der Waals surface area contributed by atoms with Crippen molar-refractivity contribution in [3.05, 3.63) is 0 Å². The molecule has 0 spiro atoms. The van der Waals surface area contributed by atoms with Crippen LogP contribution >= 0.6 is 37.2 Å². The third-order valence-corrected chi connectivity index (χ3v) is 9.43. The van der Waals surface area contributed by atoms with E-state index < -0.39 is 46.9 Å². The molecule has 0 aliphatic carbocycles. The molecule has 0 heterocycles. The summed E-state index contributed by atoms with van der Waals surface area (Å²) in [5.74, 6) is -3.52. The first-order valence-corrected chi connectivity index (χ1v) is 17.2. The zero-order valence-electron chi connectivity index (χ0n) is 10.5. The fraction of sp³-hybridized carbons (Fsp3) is 0.500. The first-order valence-electron chi connectivity index (χ1n) is 4.59. The Labute approximate surface area is 140 Å². The second kappa shape index (κ2) is 11.0. The van der Waals surface area contributed by atoms with Gasteiger partial charge in [-0.15, -0.1) is 0 Å². The Balaban J connectivity index is 0. The second-order valence-corrected chi connectivity index (χ2v) is 9.94. The number of hydrogen-bond donors (Lipinski definition) is 0. The summed E-state index contributed by atoms with van der Waals surface area (Å²) >= 11 is -1.19. The van der Waals surface area contributed by atoms with Gasteiger partial charge in [0.05, 0.1) is 0 Å². The van der Waals surface area contributed by atoms with Crippen LogP contribution in [0.15, 0.2) is 0 Å². The van der Waals surface area contributed by atoms with Crippen molar-refractivity contribution in [1.82, 2.24) is 0 Å². The Morgan fingerprint density at radius 2 is 0.789 bits per heavy atom. The van der Waals surface area contributed by atoms with Crippen LogP contribution in [0.5, 0.6) is 0 Å². The molecule has 0 atom stereocenters. The smallest absolute Gasteiger partial charge is 0 e. The summed E-state index contributed by atoms with van der Waals surface area (Å²) in [7, 11) is 0. The quantitative estimate of drug-likeness (QED) is 0.322. The molecule has 0 unspecified atom stereocenters. The Hall–Kier alpha value is 0.262. The average Bonchev–Trinajstić information content (AvgIpc) is 2.14. The van der Waals surface area contributed by atoms with Crippen LogP contribution in [-0.2, 0) is 29.9 Å². The maximum Gasteiger partial charge on any atom is 0 e. The summed E-state index contributed by atoms with van der Waals surface area (Å²) in [6.45, 7) is 4.02. The van der Waals surface area contributed by atoms with Crippen molar-refractivity contribution in [3.63, 3.8) is 0 Å². The number of carbonyl (C=O) groups excluding carboxylic acids is 4. The van der Waals surface area contributed by atoms with Gasteiger partial charge in [-0.1, -0.05) is 0 Å². The predicted octanol–water partition coefficient (Wildman–Crippen LogP) is 1.45. The molecule has 11 heteroatoms. The van der Waals surface area contributed by atoms with Gasteiger partial charge in [-0.25, -0.2) is 0 Å². The molecule has 0 fully saturated rings. The zero-order chi connectivity index (χ0) is 15.6. The molecule has 0 bridgehead atoms. The van der Waals surface area contributed by atoms with Crippen LogP contribution in [0.4, 0.5) is 0 Å². The van der Waals surface area contributed by atoms with Gasteiger partial charge in [0.2, 0.25) is 0 Å². The zero-order valence-corrected chi connectivity index (χ0v) is 18.7. The summed E-state index contributed by atoms with van der Waals surface area (Å²) in [5.41, 5.74) is 0. The van der Waals surface area contributed by atoms with Crippen LogP contribution in [0.3, 0.4) is 0 Å². The Bertz CT molecular complexity index is 289. The third-order valence-electron chi connectivity index (χ3n) is 1.07. The van der Waals surface area contributed by atoms with Crippen molar-refractivity contribution in [3.8, 4) is 0 Å². The molecule has 0 aliphatic heterocycles. The molecule has 19 heavy (non-hydrogen) atoms. The molecular weight excluding hydrogens is 685 g/mol. The van der Waals surface area contributed by atoms with Crippen LogP contribution in [-0.4, -0.2) is 46.9 Å². The van der Waals surface area contributed by atoms with Gasteiger partial charge in [-0.05, 0) is 0 Å². The summed E-state index contributed by atoms with van der Waals surface area (Å²) in [6.07, 6.45) is 0. The predicted molar refractivity (Wildman–Crippen MR) is 80.9 cm³/mol. The number of carbonyl (C=O) groups is 4. The maximum atomic E-state index is 10.9. The van der Waals surface area contributed by atoms with Crippen LogP contribution < -0.4 is 0 Å². The SMILES string of the molecule is CC(=O)[O][Pb]([O]C(C)=O)([O]C(C)=O)[O]C(C)=O.II. The van der Waals surface area contributed by atoms with E-state index in [-0.39, 0.29) is 0 Å². The molecule has 0 aromatic rings. The monoisotopic (exact) mass is 698 g/mol. The van der Waals surface area contributed by atoms with Gasteiger partial charge in [0.15, 0.2) is 0 Å². The number of hydrogen-bond acceptors (Lipinski definition) is 8. The van der Waals surface area contributed by atoms with E-state index in [0.29, 0.717) is 0 Å². The molecule has 0 saturated carbocycles. The molecule has 110 valence electrons. The van der Waals surface area contributed by atoms with E-state index in [4.69, 9.17) is 0 Å². The minimum absolute atomic E-state index is 0.879. The van der Waals surface area contributed by atoms with Gasteiger partial charge < -0.3 is 0 Å². The second-order valence-electron chi connectivity index (χ2n) is 2.87. The van der Waals surface area contributed by atoms with E-state index in [2.05, 4.69) is 48.0 Å². The molecule has 0 rings (SSSR count). The largest absolute Gasteiger partial charge is 0 e. The Morgan fingerprint density at radius 1 is 0.632 bits per heavy atom. The fourth-order valence-corrected chi connectivity index (χ4v) is 7.28. The molecule has 0 amide bonds. The van der Waals surface area contributed by atoms with E-state index in [9.17, 15) is 19.2 Å². The van der Waals surface area contributed by atoms with Gasteiger partial charge in [0, 0.05) is 37.2 Å². The average molecular weight is 697 g/mol. The normalized spacial score (nSPS) is 9.37. The van der Waals surface area contributed by atoms with E-state index in [1.807, 2.05) is 0 Å². The molecule has 8 nitrogen and oxygen atoms in total. The molecule has 0 aromatic carbocycles. The van der Waals surface area contributed by atoms with Gasteiger partial charge in [0.1, 0.15) is 0 Å². The van der Waals surface area contributed by atoms with Crippen molar-refractivity contribution in [2.75, 3.05) is 0 Å². The summed E-state index contributed by atoms with van der Waals surface area (Å²) in [6, 6.07) is 0. The fourth-order valence-electron chi connectivity index (χ4n) is 0.829. The van der Waals surface area contributed by atoms with E-state index in [0.717, 1.165) is 27.7 Å². The Kier molecular flexibility index (Phi) is 12.5. The van der Waals surface area contributed by atoms with Gasteiger partial charge in [-0.3, -0.25) is 0 Å². The Morgan fingerprint density at radius 3 is 0.895 bits per heavy atom. The van der Waals surface area contributed by atoms with E-state index >= 15 is 0 Å².